The van der Waals surface area contributed by atoms with Crippen molar-refractivity contribution >= 4 is 17.5 Å². The van der Waals surface area contributed by atoms with Crippen LogP contribution in [0.4, 0.5) is 10.1 Å². The van der Waals surface area contributed by atoms with Crippen LogP contribution in [-0.4, -0.2) is 18.4 Å². The maximum absolute atomic E-state index is 12.8. The third-order valence-electron chi connectivity index (χ3n) is 3.49. The summed E-state index contributed by atoms with van der Waals surface area (Å²) in [5.74, 6) is -1.79. The zero-order valence-electron chi connectivity index (χ0n) is 13.1. The van der Waals surface area contributed by atoms with Gasteiger partial charge in [0, 0.05) is 12.2 Å². The lowest BCUT2D eigenvalue weighted by Gasteiger charge is -2.13. The van der Waals surface area contributed by atoms with E-state index in [0.29, 0.717) is 12.2 Å². The highest BCUT2D eigenvalue weighted by atomic mass is 19.1. The van der Waals surface area contributed by atoms with E-state index in [-0.39, 0.29) is 5.92 Å². The predicted octanol–water partition coefficient (Wildman–Crippen LogP) is 2.99. The van der Waals surface area contributed by atoms with Gasteiger partial charge in [0.05, 0.1) is 0 Å². The number of carbonyl (C=O) groups is 2. The van der Waals surface area contributed by atoms with Gasteiger partial charge < -0.3 is 10.6 Å². The Morgan fingerprint density at radius 2 is 1.78 bits per heavy atom. The van der Waals surface area contributed by atoms with E-state index < -0.39 is 17.6 Å². The number of nitrogens with one attached hydrogen (secondary N) is 2. The van der Waals surface area contributed by atoms with Crippen molar-refractivity contribution in [2.75, 3.05) is 11.9 Å². The molecule has 0 aliphatic carbocycles. The predicted molar refractivity (Wildman–Crippen MR) is 87.6 cm³/mol. The highest BCUT2D eigenvalue weighted by molar-refractivity contribution is 6.39. The van der Waals surface area contributed by atoms with Gasteiger partial charge in [-0.2, -0.15) is 0 Å². The Morgan fingerprint density at radius 1 is 1.09 bits per heavy atom. The Morgan fingerprint density at radius 3 is 2.43 bits per heavy atom. The zero-order valence-corrected chi connectivity index (χ0v) is 13.1. The quantitative estimate of drug-likeness (QED) is 0.852. The van der Waals surface area contributed by atoms with Crippen LogP contribution >= 0.6 is 0 Å². The Bertz CT molecular complexity index is 698. The van der Waals surface area contributed by atoms with Crippen LogP contribution in [0, 0.1) is 12.7 Å². The van der Waals surface area contributed by atoms with E-state index in [2.05, 4.69) is 16.7 Å². The summed E-state index contributed by atoms with van der Waals surface area (Å²) in [7, 11) is 0. The van der Waals surface area contributed by atoms with Gasteiger partial charge in [-0.1, -0.05) is 36.8 Å². The van der Waals surface area contributed by atoms with Crippen LogP contribution in [0.3, 0.4) is 0 Å². The van der Waals surface area contributed by atoms with Gasteiger partial charge in [0.1, 0.15) is 5.82 Å². The third-order valence-corrected chi connectivity index (χ3v) is 3.49. The van der Waals surface area contributed by atoms with E-state index >= 15 is 0 Å². The third kappa shape index (κ3) is 4.92. The molecule has 2 amide bonds. The summed E-state index contributed by atoms with van der Waals surface area (Å²) in [6.07, 6.45) is 0. The number of carbonyl (C=O) groups excluding carboxylic acids is 2. The molecular weight excluding hydrogens is 295 g/mol. The molecular formula is C18H19FN2O2. The smallest absolute Gasteiger partial charge is 0.313 e. The summed E-state index contributed by atoms with van der Waals surface area (Å²) in [5.41, 5.74) is 2.62. The number of anilines is 1. The minimum Gasteiger partial charge on any atom is -0.347 e. The maximum Gasteiger partial charge on any atom is 0.313 e. The summed E-state index contributed by atoms with van der Waals surface area (Å²) >= 11 is 0. The van der Waals surface area contributed by atoms with Crippen molar-refractivity contribution < 1.29 is 14.0 Å². The molecule has 1 atom stereocenters. The summed E-state index contributed by atoms with van der Waals surface area (Å²) < 4.78 is 12.8. The fourth-order valence-corrected chi connectivity index (χ4v) is 2.14. The summed E-state index contributed by atoms with van der Waals surface area (Å²) in [6, 6.07) is 13.2. The summed E-state index contributed by atoms with van der Waals surface area (Å²) in [6.45, 7) is 4.34. The standard InChI is InChI=1S/C18H19FN2O2/c1-12-4-3-5-14(10-12)13(2)11-20-17(22)18(23)21-16-8-6-15(19)7-9-16/h3-10,13H,11H2,1-2H3,(H,20,22)(H,21,23)/t13-/m0/s1. The number of halogens is 1. The molecule has 0 fully saturated rings. The second-order valence-electron chi connectivity index (χ2n) is 5.49. The molecule has 2 N–H and O–H groups in total. The van der Waals surface area contributed by atoms with Crippen molar-refractivity contribution in [3.8, 4) is 0 Å². The van der Waals surface area contributed by atoms with Crippen LogP contribution < -0.4 is 10.6 Å². The average Bonchev–Trinajstić information content (AvgIpc) is 2.54. The van der Waals surface area contributed by atoms with Gasteiger partial charge in [-0.3, -0.25) is 9.59 Å². The van der Waals surface area contributed by atoms with Gasteiger partial charge >= 0.3 is 11.8 Å². The van der Waals surface area contributed by atoms with Gasteiger partial charge in [0.25, 0.3) is 0 Å². The van der Waals surface area contributed by atoms with Crippen LogP contribution in [0.25, 0.3) is 0 Å². The number of aryl methyl sites for hydroxylation is 1. The highest BCUT2D eigenvalue weighted by Crippen LogP contribution is 2.15. The number of hydrogen-bond acceptors (Lipinski definition) is 2. The fraction of sp³-hybridized carbons (Fsp3) is 0.222. The van der Waals surface area contributed by atoms with E-state index in [4.69, 9.17) is 0 Å². The van der Waals surface area contributed by atoms with Crippen molar-refractivity contribution in [2.45, 2.75) is 19.8 Å². The van der Waals surface area contributed by atoms with Crippen LogP contribution in [0.1, 0.15) is 24.0 Å². The second kappa shape index (κ2) is 7.54. The van der Waals surface area contributed by atoms with Crippen molar-refractivity contribution in [1.29, 1.82) is 0 Å². The lowest BCUT2D eigenvalue weighted by Crippen LogP contribution is -2.37. The van der Waals surface area contributed by atoms with E-state index in [1.807, 2.05) is 32.0 Å². The lowest BCUT2D eigenvalue weighted by atomic mass is 9.99. The van der Waals surface area contributed by atoms with Crippen molar-refractivity contribution in [2.24, 2.45) is 0 Å². The molecule has 0 aromatic heterocycles. The van der Waals surface area contributed by atoms with Crippen molar-refractivity contribution in [3.63, 3.8) is 0 Å². The molecule has 0 bridgehead atoms. The molecule has 0 saturated heterocycles. The van der Waals surface area contributed by atoms with Crippen LogP contribution in [-0.2, 0) is 9.59 Å². The first kappa shape index (κ1) is 16.7. The van der Waals surface area contributed by atoms with E-state index in [1.54, 1.807) is 0 Å². The normalized spacial score (nSPS) is 11.6. The number of rotatable bonds is 4. The molecule has 2 rings (SSSR count). The molecule has 4 nitrogen and oxygen atoms in total. The van der Waals surface area contributed by atoms with E-state index in [9.17, 15) is 14.0 Å². The topological polar surface area (TPSA) is 58.2 Å². The van der Waals surface area contributed by atoms with Gasteiger partial charge in [-0.05, 0) is 42.7 Å². The maximum atomic E-state index is 12.8. The molecule has 0 radical (unpaired) electrons. The highest BCUT2D eigenvalue weighted by Gasteiger charge is 2.15. The van der Waals surface area contributed by atoms with Gasteiger partial charge in [-0.25, -0.2) is 4.39 Å². The minimum atomic E-state index is -0.770. The molecule has 2 aromatic rings. The zero-order chi connectivity index (χ0) is 16.8. The first-order valence-corrected chi connectivity index (χ1v) is 7.37. The molecule has 0 aliphatic rings. The van der Waals surface area contributed by atoms with Crippen LogP contribution in [0.2, 0.25) is 0 Å². The minimum absolute atomic E-state index is 0.0949. The molecule has 2 aromatic carbocycles. The lowest BCUT2D eigenvalue weighted by molar-refractivity contribution is -0.136. The largest absolute Gasteiger partial charge is 0.347 e. The Kier molecular flexibility index (Phi) is 5.46. The number of amides is 2. The molecule has 0 unspecified atom stereocenters. The van der Waals surface area contributed by atoms with E-state index in [1.165, 1.54) is 24.3 Å². The fourth-order valence-electron chi connectivity index (χ4n) is 2.14. The molecule has 0 heterocycles. The van der Waals surface area contributed by atoms with Gasteiger partial charge in [-0.15, -0.1) is 0 Å². The SMILES string of the molecule is Cc1cccc([C@@H](C)CNC(=O)C(=O)Nc2ccc(F)cc2)c1. The monoisotopic (exact) mass is 314 g/mol. The molecule has 23 heavy (non-hydrogen) atoms. The van der Waals surface area contributed by atoms with Crippen LogP contribution in [0.5, 0.6) is 0 Å². The van der Waals surface area contributed by atoms with Gasteiger partial charge in [0.2, 0.25) is 0 Å². The molecule has 0 aliphatic heterocycles. The Hall–Kier alpha value is -2.69. The first-order chi connectivity index (χ1) is 11.0. The average molecular weight is 314 g/mol. The Balaban J connectivity index is 1.86. The van der Waals surface area contributed by atoms with Crippen LogP contribution in [0.15, 0.2) is 48.5 Å². The first-order valence-electron chi connectivity index (χ1n) is 7.37. The van der Waals surface area contributed by atoms with Crippen molar-refractivity contribution in [1.82, 2.24) is 5.32 Å². The number of benzene rings is 2. The molecule has 120 valence electrons. The summed E-state index contributed by atoms with van der Waals surface area (Å²) in [4.78, 5) is 23.6. The Labute approximate surface area is 134 Å². The van der Waals surface area contributed by atoms with Crippen molar-refractivity contribution in [3.05, 3.63) is 65.5 Å². The second-order valence-corrected chi connectivity index (χ2v) is 5.49. The molecule has 0 saturated carbocycles. The summed E-state index contributed by atoms with van der Waals surface area (Å²) in [5, 5.41) is 5.03. The van der Waals surface area contributed by atoms with E-state index in [0.717, 1.165) is 11.1 Å². The number of hydrogen-bond donors (Lipinski definition) is 2. The molecule has 5 heteroatoms. The van der Waals surface area contributed by atoms with Gasteiger partial charge in [0.15, 0.2) is 0 Å². The molecule has 0 spiro atoms.